The summed E-state index contributed by atoms with van der Waals surface area (Å²) >= 11 is 1.59. The summed E-state index contributed by atoms with van der Waals surface area (Å²) in [4.78, 5) is 13.8. The summed E-state index contributed by atoms with van der Waals surface area (Å²) in [5.41, 5.74) is 15.3. The number of aryl methyl sites for hydroxylation is 2. The predicted molar refractivity (Wildman–Crippen MR) is 143 cm³/mol. The molecule has 1 fully saturated rings. The summed E-state index contributed by atoms with van der Waals surface area (Å²) in [5, 5.41) is 11.8. The number of aliphatic hydroxyl groups excluding tert-OH is 1. The molecule has 1 aliphatic rings. The highest BCUT2D eigenvalue weighted by Crippen LogP contribution is 2.31. The summed E-state index contributed by atoms with van der Waals surface area (Å²) in [6.07, 6.45) is -3.31. The van der Waals surface area contributed by atoms with Crippen LogP contribution in [0, 0.1) is 13.8 Å². The number of hydrogen-bond acceptors (Lipinski definition) is 8. The molecule has 5 atom stereocenters. The molecule has 0 aliphatic carbocycles. The number of aliphatic imine (C=N–C) groups is 2. The van der Waals surface area contributed by atoms with E-state index in [4.69, 9.17) is 30.7 Å². The van der Waals surface area contributed by atoms with Gasteiger partial charge in [0.15, 0.2) is 12.1 Å². The summed E-state index contributed by atoms with van der Waals surface area (Å²) < 4.78 is 19.4. The monoisotopic (exact) mass is 511 g/mol. The normalized spacial score (nSPS) is 23.1. The Hall–Kier alpha value is -2.73. The van der Waals surface area contributed by atoms with Gasteiger partial charge in [0.1, 0.15) is 12.2 Å². The predicted octanol–water partition coefficient (Wildman–Crippen LogP) is 3.53. The third-order valence-electron chi connectivity index (χ3n) is 5.82. The first-order valence-corrected chi connectivity index (χ1v) is 12.7. The first-order chi connectivity index (χ1) is 17.2. The Labute approximate surface area is 214 Å². The fourth-order valence-electron chi connectivity index (χ4n) is 4.03. The van der Waals surface area contributed by atoms with Gasteiger partial charge in [-0.2, -0.15) is 0 Å². The molecule has 0 saturated carbocycles. The second-order valence-corrected chi connectivity index (χ2v) is 10.1. The summed E-state index contributed by atoms with van der Waals surface area (Å²) in [5.74, 6) is 0.511. The van der Waals surface area contributed by atoms with Crippen molar-refractivity contribution in [2.75, 3.05) is 13.2 Å². The van der Waals surface area contributed by atoms with Crippen molar-refractivity contribution in [3.63, 3.8) is 0 Å². The smallest absolute Gasteiger partial charge is 0.184 e. The highest BCUT2D eigenvalue weighted by molar-refractivity contribution is 7.18. The van der Waals surface area contributed by atoms with Crippen LogP contribution < -0.4 is 11.5 Å². The van der Waals surface area contributed by atoms with E-state index in [1.54, 1.807) is 18.3 Å². The van der Waals surface area contributed by atoms with Crippen LogP contribution in [0.15, 0.2) is 52.4 Å². The molecule has 2 aromatic carbocycles. The Balaban J connectivity index is 1.62. The minimum absolute atomic E-state index is 0.0512. The summed E-state index contributed by atoms with van der Waals surface area (Å²) in [6, 6.07) is 13.6. The molecule has 36 heavy (non-hydrogen) atoms. The molecule has 5 N–H and O–H groups in total. The third-order valence-corrected chi connectivity index (χ3v) is 6.74. The molecule has 1 aliphatic heterocycles. The van der Waals surface area contributed by atoms with Crippen LogP contribution in [0.5, 0.6) is 0 Å². The van der Waals surface area contributed by atoms with Gasteiger partial charge in [0.05, 0.1) is 45.6 Å². The van der Waals surface area contributed by atoms with Crippen molar-refractivity contribution < 1.29 is 19.3 Å². The first kappa shape index (κ1) is 26.3. The van der Waals surface area contributed by atoms with Gasteiger partial charge in [0, 0.05) is 12.1 Å². The lowest BCUT2D eigenvalue weighted by molar-refractivity contribution is -0.267. The fraction of sp³-hybridized carbons (Fsp3) is 0.423. The van der Waals surface area contributed by atoms with Gasteiger partial charge in [0.2, 0.25) is 0 Å². The van der Waals surface area contributed by atoms with Gasteiger partial charge in [-0.3, -0.25) is 0 Å². The maximum absolute atomic E-state index is 10.8. The van der Waals surface area contributed by atoms with Crippen molar-refractivity contribution >= 4 is 38.9 Å². The third kappa shape index (κ3) is 6.15. The Morgan fingerprint density at radius 3 is 2.69 bits per heavy atom. The molecule has 0 amide bonds. The summed E-state index contributed by atoms with van der Waals surface area (Å²) in [6.45, 7) is 7.74. The van der Waals surface area contributed by atoms with E-state index in [9.17, 15) is 5.11 Å². The van der Waals surface area contributed by atoms with Crippen LogP contribution in [-0.2, 0) is 14.2 Å². The Morgan fingerprint density at radius 2 is 2.03 bits per heavy atom. The molecule has 9 nitrogen and oxygen atoms in total. The number of nitrogens with zero attached hydrogens (tertiary/aromatic N) is 3. The molecular weight excluding hydrogens is 478 g/mol. The fourth-order valence-corrected chi connectivity index (χ4v) is 4.97. The minimum Gasteiger partial charge on any atom is -0.389 e. The van der Waals surface area contributed by atoms with E-state index in [0.29, 0.717) is 5.69 Å². The molecule has 0 spiro atoms. The average Bonchev–Trinajstić information content (AvgIpc) is 3.23. The number of benzene rings is 2. The molecule has 1 saturated heterocycles. The standard InChI is InChI=1S/C26H33N5O4S/c1-14-10-19(11-22-23(14)30-17(4)36-22)31-25(29-16(3)28)24(20(32)12-27)35-21-13-33-26(34-15(21)2)18-8-6-5-7-9-18/h5-11,15,20-21,24,26,32H,12-13,27H2,1-4H3,(H2,28,29,31). The van der Waals surface area contributed by atoms with Gasteiger partial charge >= 0.3 is 0 Å². The number of aromatic nitrogens is 1. The molecule has 192 valence electrons. The zero-order chi connectivity index (χ0) is 25.8. The molecular formula is C26H33N5O4S. The van der Waals surface area contributed by atoms with E-state index in [0.717, 1.165) is 26.4 Å². The van der Waals surface area contributed by atoms with Crippen LogP contribution >= 0.6 is 11.3 Å². The highest BCUT2D eigenvalue weighted by atomic mass is 32.1. The Morgan fingerprint density at radius 1 is 1.28 bits per heavy atom. The van der Waals surface area contributed by atoms with Crippen LogP contribution in [0.2, 0.25) is 0 Å². The Bertz CT molecular complexity index is 1240. The van der Waals surface area contributed by atoms with Crippen molar-refractivity contribution in [3.8, 4) is 0 Å². The number of amidine groups is 2. The van der Waals surface area contributed by atoms with Crippen molar-refractivity contribution in [1.29, 1.82) is 0 Å². The number of fused-ring (bicyclic) bond motifs is 1. The highest BCUT2D eigenvalue weighted by Gasteiger charge is 2.36. The number of nitrogens with two attached hydrogens (primary N) is 2. The lowest BCUT2D eigenvalue weighted by atomic mass is 10.1. The van der Waals surface area contributed by atoms with Crippen molar-refractivity contribution in [2.24, 2.45) is 21.5 Å². The molecule has 4 rings (SSSR count). The average molecular weight is 512 g/mol. The van der Waals surface area contributed by atoms with Crippen molar-refractivity contribution in [3.05, 3.63) is 58.6 Å². The lowest BCUT2D eigenvalue weighted by Gasteiger charge is -2.37. The number of aliphatic hydroxyl groups is 1. The van der Waals surface area contributed by atoms with E-state index in [2.05, 4.69) is 9.98 Å². The molecule has 0 bridgehead atoms. The van der Waals surface area contributed by atoms with Crippen molar-refractivity contribution in [1.82, 2.24) is 4.98 Å². The van der Waals surface area contributed by atoms with Crippen LogP contribution in [0.4, 0.5) is 5.69 Å². The second kappa shape index (κ2) is 11.5. The molecule has 2 heterocycles. The molecule has 5 unspecified atom stereocenters. The van der Waals surface area contributed by atoms with Crippen LogP contribution in [-0.4, -0.2) is 59.3 Å². The quantitative estimate of drug-likeness (QED) is 0.326. The van der Waals surface area contributed by atoms with Gasteiger partial charge in [-0.05, 0) is 45.4 Å². The van der Waals surface area contributed by atoms with Gasteiger partial charge in [0.25, 0.3) is 0 Å². The van der Waals surface area contributed by atoms with Crippen LogP contribution in [0.3, 0.4) is 0 Å². The maximum Gasteiger partial charge on any atom is 0.184 e. The van der Waals surface area contributed by atoms with Crippen LogP contribution in [0.25, 0.3) is 10.2 Å². The van der Waals surface area contributed by atoms with Gasteiger partial charge in [-0.15, -0.1) is 11.3 Å². The number of hydrogen-bond donors (Lipinski definition) is 3. The van der Waals surface area contributed by atoms with Crippen molar-refractivity contribution in [2.45, 2.75) is 58.4 Å². The Kier molecular flexibility index (Phi) is 8.45. The number of ether oxygens (including phenoxy) is 3. The lowest BCUT2D eigenvalue weighted by Crippen LogP contribution is -2.49. The maximum atomic E-state index is 10.8. The van der Waals surface area contributed by atoms with E-state index >= 15 is 0 Å². The second-order valence-electron chi connectivity index (χ2n) is 8.88. The van der Waals surface area contributed by atoms with Gasteiger partial charge in [-0.25, -0.2) is 15.0 Å². The molecule has 3 aromatic rings. The number of rotatable bonds is 7. The topological polar surface area (TPSA) is 138 Å². The molecule has 0 radical (unpaired) electrons. The van der Waals surface area contributed by atoms with E-state index in [1.165, 1.54) is 0 Å². The largest absolute Gasteiger partial charge is 0.389 e. The number of thiazole rings is 1. The first-order valence-electron chi connectivity index (χ1n) is 11.9. The van der Waals surface area contributed by atoms with E-state index in [1.807, 2.05) is 63.2 Å². The molecule has 10 heteroatoms. The van der Waals surface area contributed by atoms with E-state index < -0.39 is 24.6 Å². The zero-order valence-corrected chi connectivity index (χ0v) is 21.7. The van der Waals surface area contributed by atoms with E-state index in [-0.39, 0.29) is 30.9 Å². The van der Waals surface area contributed by atoms with Gasteiger partial charge in [-0.1, -0.05) is 30.3 Å². The minimum atomic E-state index is -1.07. The summed E-state index contributed by atoms with van der Waals surface area (Å²) in [7, 11) is 0. The van der Waals surface area contributed by atoms with Crippen LogP contribution in [0.1, 0.15) is 36.3 Å². The zero-order valence-electron chi connectivity index (χ0n) is 20.9. The van der Waals surface area contributed by atoms with Gasteiger partial charge < -0.3 is 30.8 Å². The molecule has 1 aromatic heterocycles. The SMILES string of the molecule is CC(N)=NC(=Nc1cc(C)c2nc(C)sc2c1)C(OC1COC(c2ccccc2)OC1C)C(O)CN.